The minimum absolute atomic E-state index is 0.00248. The van der Waals surface area contributed by atoms with Gasteiger partial charge in [-0.15, -0.1) is 0 Å². The number of epoxide rings is 1. The fourth-order valence-electron chi connectivity index (χ4n) is 4.93. The smallest absolute Gasteiger partial charge is 0.226 e. The zero-order chi connectivity index (χ0) is 24.4. The highest BCUT2D eigenvalue weighted by Crippen LogP contribution is 2.39. The Morgan fingerprint density at radius 1 is 1.29 bits per heavy atom. The number of halogens is 1. The Morgan fingerprint density at radius 3 is 2.85 bits per heavy atom. The molecule has 34 heavy (non-hydrogen) atoms. The molecule has 2 saturated heterocycles. The molecule has 1 N–H and O–H groups in total. The maximum Gasteiger partial charge on any atom is 0.226 e. The van der Waals surface area contributed by atoms with Crippen LogP contribution in [0.25, 0.3) is 0 Å². The molecule has 0 radical (unpaired) electrons. The SMILES string of the molecule is C=C1NC2C/C=C/C=C(\C)Cc3cc(OC)c(Cl)c(c3)N(C)C(=O)CCC3OC3[C@H](C)C(C2)O1. The molecule has 0 aliphatic carbocycles. The molecule has 3 aliphatic heterocycles. The molecule has 4 rings (SSSR count). The number of hydrogen-bond donors (Lipinski definition) is 1. The molecule has 0 aromatic heterocycles. The molecule has 4 unspecified atom stereocenters. The van der Waals surface area contributed by atoms with E-state index in [2.05, 4.69) is 44.0 Å². The van der Waals surface area contributed by atoms with Crippen molar-refractivity contribution >= 4 is 23.2 Å². The lowest BCUT2D eigenvalue weighted by Gasteiger charge is -2.35. The van der Waals surface area contributed by atoms with Gasteiger partial charge in [-0.2, -0.15) is 0 Å². The second-order valence-electron chi connectivity index (χ2n) is 9.63. The summed E-state index contributed by atoms with van der Waals surface area (Å²) >= 11 is 6.59. The summed E-state index contributed by atoms with van der Waals surface area (Å²) in [4.78, 5) is 14.7. The monoisotopic (exact) mass is 486 g/mol. The van der Waals surface area contributed by atoms with Gasteiger partial charge in [0, 0.05) is 31.8 Å². The van der Waals surface area contributed by atoms with E-state index in [4.69, 9.17) is 25.8 Å². The summed E-state index contributed by atoms with van der Waals surface area (Å²) in [7, 11) is 3.36. The molecule has 3 heterocycles. The molecule has 2 fully saturated rings. The van der Waals surface area contributed by atoms with Crippen LogP contribution < -0.4 is 15.0 Å². The van der Waals surface area contributed by atoms with Crippen LogP contribution in [0.3, 0.4) is 0 Å². The number of allylic oxidation sites excluding steroid dienone is 3. The first-order valence-electron chi connectivity index (χ1n) is 12.0. The number of rotatable bonds is 1. The maximum absolute atomic E-state index is 13.0. The Hall–Kier alpha value is -2.44. The number of amides is 1. The molecule has 3 aliphatic rings. The highest BCUT2D eigenvalue weighted by molar-refractivity contribution is 6.35. The van der Waals surface area contributed by atoms with Gasteiger partial charge in [0.15, 0.2) is 5.88 Å². The molecule has 1 aromatic carbocycles. The Bertz CT molecular complexity index is 1000. The second-order valence-corrected chi connectivity index (χ2v) is 10.0. The summed E-state index contributed by atoms with van der Waals surface area (Å²) in [5.74, 6) is 1.42. The van der Waals surface area contributed by atoms with Gasteiger partial charge < -0.3 is 24.4 Å². The van der Waals surface area contributed by atoms with E-state index >= 15 is 0 Å². The van der Waals surface area contributed by atoms with E-state index in [0.29, 0.717) is 35.2 Å². The minimum atomic E-state index is 0.00248. The van der Waals surface area contributed by atoms with E-state index in [-0.39, 0.29) is 36.2 Å². The lowest BCUT2D eigenvalue weighted by molar-refractivity contribution is -0.118. The summed E-state index contributed by atoms with van der Waals surface area (Å²) in [6, 6.07) is 4.19. The molecule has 0 saturated carbocycles. The van der Waals surface area contributed by atoms with Crippen LogP contribution in [0.15, 0.2) is 48.4 Å². The van der Waals surface area contributed by atoms with Crippen molar-refractivity contribution in [1.29, 1.82) is 0 Å². The van der Waals surface area contributed by atoms with E-state index in [1.807, 2.05) is 12.1 Å². The first-order valence-corrected chi connectivity index (χ1v) is 12.4. The van der Waals surface area contributed by atoms with Crippen LogP contribution in [0.5, 0.6) is 5.75 Å². The van der Waals surface area contributed by atoms with Crippen molar-refractivity contribution in [3.05, 3.63) is 59.0 Å². The van der Waals surface area contributed by atoms with Crippen LogP contribution in [-0.2, 0) is 20.7 Å². The number of ether oxygens (including phenoxy) is 3. The normalized spacial score (nSPS) is 32.6. The average molecular weight is 487 g/mol. The topological polar surface area (TPSA) is 63.3 Å². The highest BCUT2D eigenvalue weighted by atomic mass is 35.5. The first kappa shape index (κ1) is 24.7. The van der Waals surface area contributed by atoms with Gasteiger partial charge in [0.2, 0.25) is 5.91 Å². The number of nitrogens with zero attached hydrogens (tertiary/aromatic N) is 1. The summed E-state index contributed by atoms with van der Waals surface area (Å²) < 4.78 is 17.5. The van der Waals surface area contributed by atoms with Crippen molar-refractivity contribution in [3.8, 4) is 5.75 Å². The van der Waals surface area contributed by atoms with Gasteiger partial charge in [0.05, 0.1) is 25.0 Å². The van der Waals surface area contributed by atoms with Crippen LogP contribution >= 0.6 is 11.6 Å². The average Bonchev–Trinajstić information content (AvgIpc) is 3.59. The molecule has 0 spiro atoms. The lowest BCUT2D eigenvalue weighted by atomic mass is 9.90. The number of hydrogen-bond acceptors (Lipinski definition) is 5. The summed E-state index contributed by atoms with van der Waals surface area (Å²) in [5, 5.41) is 3.81. The molecular formula is C27H35ClN2O4. The van der Waals surface area contributed by atoms with Crippen LogP contribution in [-0.4, -0.2) is 44.4 Å². The Labute approximate surface area is 207 Å². The van der Waals surface area contributed by atoms with E-state index in [0.717, 1.165) is 24.8 Å². The predicted octanol–water partition coefficient (Wildman–Crippen LogP) is 5.16. The molecule has 1 amide bonds. The first-order chi connectivity index (χ1) is 16.3. The van der Waals surface area contributed by atoms with Gasteiger partial charge in [0.1, 0.15) is 16.9 Å². The number of fused-ring (bicyclic) bond motifs is 5. The number of anilines is 1. The molecule has 7 heteroatoms. The summed E-state index contributed by atoms with van der Waals surface area (Å²) in [6.07, 6.45) is 10.2. The Kier molecular flexibility index (Phi) is 7.58. The summed E-state index contributed by atoms with van der Waals surface area (Å²) in [6.45, 7) is 8.28. The lowest BCUT2D eigenvalue weighted by Crippen LogP contribution is -2.43. The van der Waals surface area contributed by atoms with Crippen molar-refractivity contribution in [2.75, 3.05) is 19.1 Å². The minimum Gasteiger partial charge on any atom is -0.495 e. The maximum atomic E-state index is 13.0. The van der Waals surface area contributed by atoms with Gasteiger partial charge in [-0.1, -0.05) is 42.3 Å². The number of nitrogens with one attached hydrogen (secondary N) is 1. The van der Waals surface area contributed by atoms with E-state index < -0.39 is 0 Å². The quantitative estimate of drug-likeness (QED) is 0.555. The van der Waals surface area contributed by atoms with E-state index in [1.165, 1.54) is 5.57 Å². The van der Waals surface area contributed by atoms with Gasteiger partial charge in [0.25, 0.3) is 0 Å². The fourth-order valence-corrected chi connectivity index (χ4v) is 5.24. The highest BCUT2D eigenvalue weighted by Gasteiger charge is 2.47. The van der Waals surface area contributed by atoms with Gasteiger partial charge in [-0.05, 0) is 50.5 Å². The Balaban J connectivity index is 1.61. The van der Waals surface area contributed by atoms with Crippen molar-refractivity contribution in [1.82, 2.24) is 5.32 Å². The zero-order valence-electron chi connectivity index (χ0n) is 20.5. The van der Waals surface area contributed by atoms with Gasteiger partial charge >= 0.3 is 0 Å². The third-order valence-corrected chi connectivity index (χ3v) is 7.38. The van der Waals surface area contributed by atoms with Crippen molar-refractivity contribution in [2.45, 2.75) is 70.3 Å². The molecule has 6 nitrogen and oxygen atoms in total. The van der Waals surface area contributed by atoms with Crippen LogP contribution in [0.2, 0.25) is 5.02 Å². The third-order valence-electron chi connectivity index (χ3n) is 7.00. The van der Waals surface area contributed by atoms with E-state index in [1.54, 1.807) is 19.1 Å². The fraction of sp³-hybridized carbons (Fsp3) is 0.519. The summed E-state index contributed by atoms with van der Waals surface area (Å²) in [5.41, 5.74) is 2.91. The van der Waals surface area contributed by atoms with Crippen LogP contribution in [0, 0.1) is 5.92 Å². The standard InChI is InChI=1S/C27H35ClN2O4/c1-16-8-6-7-9-20-15-23(33-18(3)29-20)17(2)27-22(34-27)10-11-25(31)30(4)21-13-19(12-16)14-24(32-5)26(21)28/h6-8,13-14,17,20,22-23,27,29H,3,9-12,15H2,1-2,4-5H3/b7-6+,16-8+/t17-,20?,22?,23?,27?/m1/s1. The number of methoxy groups -OCH3 is 1. The second kappa shape index (κ2) is 10.4. The van der Waals surface area contributed by atoms with Crippen molar-refractivity contribution in [3.63, 3.8) is 0 Å². The van der Waals surface area contributed by atoms with Crippen molar-refractivity contribution < 1.29 is 19.0 Å². The van der Waals surface area contributed by atoms with Gasteiger partial charge in [-0.3, -0.25) is 4.79 Å². The molecule has 1 aromatic rings. The predicted molar refractivity (Wildman–Crippen MR) is 135 cm³/mol. The van der Waals surface area contributed by atoms with E-state index in [9.17, 15) is 4.79 Å². The van der Waals surface area contributed by atoms with Gasteiger partial charge in [-0.25, -0.2) is 0 Å². The van der Waals surface area contributed by atoms with Crippen molar-refractivity contribution in [2.24, 2.45) is 5.92 Å². The zero-order valence-corrected chi connectivity index (χ0v) is 21.2. The number of carbonyl (C=O) groups is 1. The third kappa shape index (κ3) is 5.61. The molecule has 4 bridgehead atoms. The largest absolute Gasteiger partial charge is 0.495 e. The number of benzene rings is 1. The Morgan fingerprint density at radius 2 is 2.09 bits per heavy atom. The number of carbonyl (C=O) groups excluding carboxylic acids is 1. The van der Waals surface area contributed by atoms with Crippen LogP contribution in [0.1, 0.15) is 45.1 Å². The van der Waals surface area contributed by atoms with Crippen LogP contribution in [0.4, 0.5) is 5.69 Å². The molecular weight excluding hydrogens is 452 g/mol. The molecule has 184 valence electrons. The molecule has 5 atom stereocenters.